The molecule has 0 atom stereocenters. The van der Waals surface area contributed by atoms with Crippen molar-refractivity contribution in [2.75, 3.05) is 11.9 Å². The van der Waals surface area contributed by atoms with Crippen molar-refractivity contribution in [3.63, 3.8) is 0 Å². The molecule has 2 aromatic rings. The van der Waals surface area contributed by atoms with Gasteiger partial charge in [-0.05, 0) is 36.8 Å². The molecule has 0 aliphatic rings. The number of nitrogens with zero attached hydrogens (tertiary/aromatic N) is 1. The molecule has 0 saturated carbocycles. The summed E-state index contributed by atoms with van der Waals surface area (Å²) in [5.74, 6) is 0.0451. The Bertz CT molecular complexity index is 665. The average Bonchev–Trinajstić information content (AvgIpc) is 2.46. The SMILES string of the molecule is Cc1cccc(CC(=O)N(C)c2ccc(C(N)=S)cc2)c1. The first-order valence-corrected chi connectivity index (χ1v) is 7.10. The topological polar surface area (TPSA) is 46.3 Å². The van der Waals surface area contributed by atoms with Crippen molar-refractivity contribution in [3.8, 4) is 0 Å². The molecule has 0 spiro atoms. The van der Waals surface area contributed by atoms with Gasteiger partial charge in [-0.2, -0.15) is 0 Å². The summed E-state index contributed by atoms with van der Waals surface area (Å²) in [4.78, 5) is 14.3. The average molecular weight is 298 g/mol. The van der Waals surface area contributed by atoms with E-state index in [1.165, 1.54) is 0 Å². The number of hydrogen-bond acceptors (Lipinski definition) is 2. The van der Waals surface area contributed by atoms with Crippen molar-refractivity contribution in [2.45, 2.75) is 13.3 Å². The van der Waals surface area contributed by atoms with Crippen LogP contribution in [0.2, 0.25) is 0 Å². The molecule has 0 bridgehead atoms. The predicted octanol–water partition coefficient (Wildman–Crippen LogP) is 2.83. The molecule has 1 amide bonds. The minimum absolute atomic E-state index is 0.0451. The summed E-state index contributed by atoms with van der Waals surface area (Å²) in [7, 11) is 1.77. The van der Waals surface area contributed by atoms with Crippen LogP contribution in [0.3, 0.4) is 0 Å². The van der Waals surface area contributed by atoms with Gasteiger partial charge in [0, 0.05) is 18.3 Å². The lowest BCUT2D eigenvalue weighted by molar-refractivity contribution is -0.117. The van der Waals surface area contributed by atoms with Crippen molar-refractivity contribution in [2.24, 2.45) is 5.73 Å². The van der Waals surface area contributed by atoms with E-state index in [-0.39, 0.29) is 5.91 Å². The summed E-state index contributed by atoms with van der Waals surface area (Å²) in [6, 6.07) is 15.3. The normalized spacial score (nSPS) is 10.2. The molecule has 0 aliphatic carbocycles. The lowest BCUT2D eigenvalue weighted by Gasteiger charge is -2.18. The summed E-state index contributed by atoms with van der Waals surface area (Å²) in [6.45, 7) is 2.02. The minimum Gasteiger partial charge on any atom is -0.389 e. The van der Waals surface area contributed by atoms with Gasteiger partial charge in [0.15, 0.2) is 0 Å². The Labute approximate surface area is 130 Å². The second-order valence-corrected chi connectivity index (χ2v) is 5.47. The maximum Gasteiger partial charge on any atom is 0.231 e. The molecule has 0 aliphatic heterocycles. The lowest BCUT2D eigenvalue weighted by Crippen LogP contribution is -2.27. The van der Waals surface area contributed by atoms with Crippen molar-refractivity contribution in [1.29, 1.82) is 0 Å². The van der Waals surface area contributed by atoms with Crippen LogP contribution in [0.5, 0.6) is 0 Å². The van der Waals surface area contributed by atoms with Gasteiger partial charge in [-0.15, -0.1) is 0 Å². The zero-order chi connectivity index (χ0) is 15.4. The minimum atomic E-state index is 0.0451. The van der Waals surface area contributed by atoms with Gasteiger partial charge < -0.3 is 10.6 Å². The molecule has 0 fully saturated rings. The molecule has 4 heteroatoms. The van der Waals surface area contributed by atoms with Crippen LogP contribution >= 0.6 is 12.2 Å². The van der Waals surface area contributed by atoms with Crippen LogP contribution < -0.4 is 10.6 Å². The largest absolute Gasteiger partial charge is 0.389 e. The van der Waals surface area contributed by atoms with Gasteiger partial charge in [0.1, 0.15) is 4.99 Å². The Morgan fingerprint density at radius 1 is 1.19 bits per heavy atom. The van der Waals surface area contributed by atoms with Gasteiger partial charge in [0.25, 0.3) is 0 Å². The molecular formula is C17H18N2OS. The fraction of sp³-hybridized carbons (Fsp3) is 0.176. The number of anilines is 1. The highest BCUT2D eigenvalue weighted by molar-refractivity contribution is 7.80. The Hall–Kier alpha value is -2.20. The van der Waals surface area contributed by atoms with Gasteiger partial charge in [-0.1, -0.05) is 42.0 Å². The number of thiocarbonyl (C=S) groups is 1. The number of carbonyl (C=O) groups is 1. The molecule has 3 nitrogen and oxygen atoms in total. The van der Waals surface area contributed by atoms with E-state index in [0.29, 0.717) is 11.4 Å². The van der Waals surface area contributed by atoms with Crippen molar-refractivity contribution in [1.82, 2.24) is 0 Å². The van der Waals surface area contributed by atoms with Crippen LogP contribution in [-0.2, 0) is 11.2 Å². The molecule has 2 N–H and O–H groups in total. The summed E-state index contributed by atoms with van der Waals surface area (Å²) in [5.41, 5.74) is 9.37. The standard InChI is InChI=1S/C17H18N2OS/c1-12-4-3-5-13(10-12)11-16(20)19(2)15-8-6-14(7-9-15)17(18)21/h3-10H,11H2,1-2H3,(H2,18,21). The second-order valence-electron chi connectivity index (χ2n) is 5.03. The van der Waals surface area contributed by atoms with Gasteiger partial charge in [0.2, 0.25) is 5.91 Å². The van der Waals surface area contributed by atoms with Crippen LogP contribution in [0.25, 0.3) is 0 Å². The highest BCUT2D eigenvalue weighted by Gasteiger charge is 2.12. The number of rotatable bonds is 4. The number of benzene rings is 2. The summed E-state index contributed by atoms with van der Waals surface area (Å²) in [6.07, 6.45) is 0.384. The summed E-state index contributed by atoms with van der Waals surface area (Å²) in [5, 5.41) is 0. The van der Waals surface area contributed by atoms with E-state index in [0.717, 1.165) is 22.4 Å². The smallest absolute Gasteiger partial charge is 0.231 e. The molecule has 2 aromatic carbocycles. The first-order valence-electron chi connectivity index (χ1n) is 6.69. The third-order valence-corrected chi connectivity index (χ3v) is 3.59. The molecule has 0 unspecified atom stereocenters. The lowest BCUT2D eigenvalue weighted by atomic mass is 10.1. The first-order chi connectivity index (χ1) is 9.97. The van der Waals surface area contributed by atoms with Crippen LogP contribution in [0.15, 0.2) is 48.5 Å². The maximum atomic E-state index is 12.3. The Balaban J connectivity index is 2.10. The molecule has 21 heavy (non-hydrogen) atoms. The van der Waals surface area contributed by atoms with E-state index in [1.54, 1.807) is 11.9 Å². The molecule has 0 saturated heterocycles. The maximum absolute atomic E-state index is 12.3. The third-order valence-electron chi connectivity index (χ3n) is 3.35. The Morgan fingerprint density at radius 3 is 2.43 bits per heavy atom. The quantitative estimate of drug-likeness (QED) is 0.883. The predicted molar refractivity (Wildman–Crippen MR) is 90.6 cm³/mol. The monoisotopic (exact) mass is 298 g/mol. The van der Waals surface area contributed by atoms with E-state index in [2.05, 4.69) is 0 Å². The summed E-state index contributed by atoms with van der Waals surface area (Å²) >= 11 is 4.92. The Kier molecular flexibility index (Phi) is 4.70. The number of likely N-dealkylation sites (N-methyl/N-ethyl adjacent to an activating group) is 1. The van der Waals surface area contributed by atoms with Crippen LogP contribution in [-0.4, -0.2) is 17.9 Å². The highest BCUT2D eigenvalue weighted by atomic mass is 32.1. The van der Waals surface area contributed by atoms with Crippen LogP contribution in [0.1, 0.15) is 16.7 Å². The number of nitrogens with two attached hydrogens (primary N) is 1. The fourth-order valence-electron chi connectivity index (χ4n) is 2.11. The van der Waals surface area contributed by atoms with E-state index in [9.17, 15) is 4.79 Å². The fourth-order valence-corrected chi connectivity index (χ4v) is 2.24. The molecule has 0 heterocycles. The van der Waals surface area contributed by atoms with Gasteiger partial charge >= 0.3 is 0 Å². The second kappa shape index (κ2) is 6.50. The van der Waals surface area contributed by atoms with Gasteiger partial charge in [-0.3, -0.25) is 4.79 Å². The number of amides is 1. The number of aryl methyl sites for hydroxylation is 1. The highest BCUT2D eigenvalue weighted by Crippen LogP contribution is 2.15. The van der Waals surface area contributed by atoms with E-state index in [4.69, 9.17) is 18.0 Å². The first kappa shape index (κ1) is 15.2. The number of carbonyl (C=O) groups excluding carboxylic acids is 1. The van der Waals surface area contributed by atoms with Crippen LogP contribution in [0.4, 0.5) is 5.69 Å². The van der Waals surface area contributed by atoms with E-state index >= 15 is 0 Å². The van der Waals surface area contributed by atoms with Crippen molar-refractivity contribution in [3.05, 3.63) is 65.2 Å². The summed E-state index contributed by atoms with van der Waals surface area (Å²) < 4.78 is 0. The van der Waals surface area contributed by atoms with Crippen LogP contribution in [0, 0.1) is 6.92 Å². The van der Waals surface area contributed by atoms with E-state index in [1.807, 2.05) is 55.5 Å². The molecule has 0 aromatic heterocycles. The zero-order valence-electron chi connectivity index (χ0n) is 12.2. The third kappa shape index (κ3) is 3.89. The van der Waals surface area contributed by atoms with Crippen molar-refractivity contribution >= 4 is 28.8 Å². The zero-order valence-corrected chi connectivity index (χ0v) is 13.0. The molecule has 0 radical (unpaired) electrons. The van der Waals surface area contributed by atoms with Crippen molar-refractivity contribution < 1.29 is 4.79 Å². The molecular weight excluding hydrogens is 280 g/mol. The van der Waals surface area contributed by atoms with E-state index < -0.39 is 0 Å². The van der Waals surface area contributed by atoms with Gasteiger partial charge in [-0.25, -0.2) is 0 Å². The molecule has 2 rings (SSSR count). The number of hydrogen-bond donors (Lipinski definition) is 1. The Morgan fingerprint density at radius 2 is 1.86 bits per heavy atom. The molecule has 108 valence electrons. The van der Waals surface area contributed by atoms with Gasteiger partial charge in [0.05, 0.1) is 6.42 Å².